The summed E-state index contributed by atoms with van der Waals surface area (Å²) in [6.07, 6.45) is 6.80. The van der Waals surface area contributed by atoms with Gasteiger partial charge in [-0.05, 0) is 40.9 Å². The minimum atomic E-state index is 0.0120. The molecule has 0 unspecified atom stereocenters. The molecule has 0 saturated carbocycles. The van der Waals surface area contributed by atoms with Crippen molar-refractivity contribution < 1.29 is 9.21 Å². The second-order valence-corrected chi connectivity index (χ2v) is 5.59. The molecule has 0 saturated heterocycles. The molecule has 0 radical (unpaired) electrons. The van der Waals surface area contributed by atoms with Crippen molar-refractivity contribution >= 4 is 21.8 Å². The highest BCUT2D eigenvalue weighted by Gasteiger charge is 2.18. The van der Waals surface area contributed by atoms with E-state index in [1.54, 1.807) is 12.1 Å². The predicted molar refractivity (Wildman–Crippen MR) is 81.4 cm³/mol. The maximum absolute atomic E-state index is 12.4. The number of hydrogen-bond donors (Lipinski definition) is 0. The molecule has 0 aliphatic carbocycles. The summed E-state index contributed by atoms with van der Waals surface area (Å²) >= 11 is 3.24. The Bertz CT molecular complexity index is 366. The van der Waals surface area contributed by atoms with Gasteiger partial charge >= 0.3 is 0 Å². The van der Waals surface area contributed by atoms with Crippen LogP contribution in [0.4, 0.5) is 0 Å². The Hall–Kier alpha value is -0.770. The lowest BCUT2D eigenvalue weighted by atomic mass is 10.2. The summed E-state index contributed by atoms with van der Waals surface area (Å²) < 4.78 is 5.97. The molecule has 19 heavy (non-hydrogen) atoms. The van der Waals surface area contributed by atoms with Gasteiger partial charge in [-0.2, -0.15) is 0 Å². The summed E-state index contributed by atoms with van der Waals surface area (Å²) in [5.41, 5.74) is 0. The van der Waals surface area contributed by atoms with E-state index in [0.29, 0.717) is 10.4 Å². The molecule has 0 spiro atoms. The Labute approximate surface area is 124 Å². The highest BCUT2D eigenvalue weighted by Crippen LogP contribution is 2.16. The molecular weight excluding hydrogens is 306 g/mol. The molecule has 4 heteroatoms. The number of unbranched alkanes of at least 4 members (excludes halogenated alkanes) is 4. The van der Waals surface area contributed by atoms with Gasteiger partial charge in [-0.15, -0.1) is 0 Å². The molecular formula is C15H24BrNO2. The Balaban J connectivity index is 2.57. The molecule has 1 rings (SSSR count). The van der Waals surface area contributed by atoms with E-state index >= 15 is 0 Å². The Morgan fingerprint density at radius 3 is 2.11 bits per heavy atom. The van der Waals surface area contributed by atoms with E-state index in [1.165, 1.54) is 25.7 Å². The number of furan rings is 1. The van der Waals surface area contributed by atoms with Crippen molar-refractivity contribution in [2.45, 2.75) is 52.4 Å². The van der Waals surface area contributed by atoms with Gasteiger partial charge in [-0.3, -0.25) is 4.79 Å². The van der Waals surface area contributed by atoms with Crippen molar-refractivity contribution in [1.29, 1.82) is 0 Å². The number of rotatable bonds is 9. The van der Waals surface area contributed by atoms with Crippen molar-refractivity contribution in [3.63, 3.8) is 0 Å². The van der Waals surface area contributed by atoms with Gasteiger partial charge in [0.25, 0.3) is 5.91 Å². The number of halogens is 1. The quantitative estimate of drug-likeness (QED) is 0.606. The molecule has 0 aliphatic heterocycles. The first-order valence-corrected chi connectivity index (χ1v) is 8.03. The number of amides is 1. The summed E-state index contributed by atoms with van der Waals surface area (Å²) in [7, 11) is 0. The number of carbonyl (C=O) groups is 1. The minimum Gasteiger partial charge on any atom is -0.444 e. The van der Waals surface area contributed by atoms with E-state index in [0.717, 1.165) is 25.9 Å². The SMILES string of the molecule is CCCCCN(CCCCC)C(=O)c1ccc(Br)o1. The van der Waals surface area contributed by atoms with Gasteiger partial charge in [0.2, 0.25) is 0 Å². The minimum absolute atomic E-state index is 0.0120. The third kappa shape index (κ3) is 5.81. The molecule has 0 aromatic carbocycles. The van der Waals surface area contributed by atoms with E-state index in [2.05, 4.69) is 29.8 Å². The summed E-state index contributed by atoms with van der Waals surface area (Å²) in [6.45, 7) is 6.00. The maximum Gasteiger partial charge on any atom is 0.289 e. The van der Waals surface area contributed by atoms with E-state index in [1.807, 2.05) is 4.90 Å². The van der Waals surface area contributed by atoms with Crippen LogP contribution in [0.25, 0.3) is 0 Å². The normalized spacial score (nSPS) is 10.7. The second-order valence-electron chi connectivity index (χ2n) is 4.81. The van der Waals surface area contributed by atoms with Gasteiger partial charge in [-0.25, -0.2) is 0 Å². The van der Waals surface area contributed by atoms with Gasteiger partial charge in [0.15, 0.2) is 10.4 Å². The molecule has 108 valence electrons. The lowest BCUT2D eigenvalue weighted by Gasteiger charge is -2.21. The third-order valence-electron chi connectivity index (χ3n) is 3.13. The van der Waals surface area contributed by atoms with E-state index in [4.69, 9.17) is 4.42 Å². The Morgan fingerprint density at radius 2 is 1.68 bits per heavy atom. The lowest BCUT2D eigenvalue weighted by Crippen LogP contribution is -2.32. The Morgan fingerprint density at radius 1 is 1.11 bits per heavy atom. The van der Waals surface area contributed by atoms with Crippen LogP contribution < -0.4 is 0 Å². The molecule has 1 heterocycles. The van der Waals surface area contributed by atoms with E-state index in [9.17, 15) is 4.79 Å². The predicted octanol–water partition coefficient (Wildman–Crippen LogP) is 4.86. The van der Waals surface area contributed by atoms with Crippen molar-refractivity contribution in [3.8, 4) is 0 Å². The summed E-state index contributed by atoms with van der Waals surface area (Å²) in [4.78, 5) is 14.3. The zero-order valence-corrected chi connectivity index (χ0v) is 13.5. The standard InChI is InChI=1S/C15H24BrNO2/c1-3-5-7-11-17(12-8-6-4-2)15(18)13-9-10-14(16)19-13/h9-10H,3-8,11-12H2,1-2H3. The fraction of sp³-hybridized carbons (Fsp3) is 0.667. The van der Waals surface area contributed by atoms with Crippen molar-refractivity contribution in [1.82, 2.24) is 4.90 Å². The first-order valence-electron chi connectivity index (χ1n) is 7.23. The van der Waals surface area contributed by atoms with Gasteiger partial charge in [-0.1, -0.05) is 39.5 Å². The molecule has 0 atom stereocenters. The van der Waals surface area contributed by atoms with Gasteiger partial charge < -0.3 is 9.32 Å². The van der Waals surface area contributed by atoms with E-state index < -0.39 is 0 Å². The van der Waals surface area contributed by atoms with E-state index in [-0.39, 0.29) is 5.91 Å². The van der Waals surface area contributed by atoms with Crippen molar-refractivity contribution in [2.75, 3.05) is 13.1 Å². The first-order chi connectivity index (χ1) is 9.19. The van der Waals surface area contributed by atoms with Crippen LogP contribution in [0.15, 0.2) is 21.2 Å². The van der Waals surface area contributed by atoms with Crippen molar-refractivity contribution in [3.05, 3.63) is 22.6 Å². The highest BCUT2D eigenvalue weighted by molar-refractivity contribution is 9.10. The fourth-order valence-corrected chi connectivity index (χ4v) is 2.31. The topological polar surface area (TPSA) is 33.5 Å². The molecule has 0 N–H and O–H groups in total. The third-order valence-corrected chi connectivity index (χ3v) is 3.56. The van der Waals surface area contributed by atoms with Gasteiger partial charge in [0, 0.05) is 13.1 Å². The molecule has 0 fully saturated rings. The summed E-state index contributed by atoms with van der Waals surface area (Å²) in [5.74, 6) is 0.442. The van der Waals surface area contributed by atoms with Gasteiger partial charge in [0.1, 0.15) is 0 Å². The first kappa shape index (κ1) is 16.3. The monoisotopic (exact) mass is 329 g/mol. The van der Waals surface area contributed by atoms with Crippen LogP contribution in [0.1, 0.15) is 62.9 Å². The second kappa shape index (κ2) is 9.18. The average Bonchev–Trinajstić information content (AvgIpc) is 2.83. The average molecular weight is 330 g/mol. The molecule has 1 aromatic rings. The van der Waals surface area contributed by atoms with Crippen LogP contribution in [-0.2, 0) is 0 Å². The van der Waals surface area contributed by atoms with Crippen LogP contribution in [0.5, 0.6) is 0 Å². The largest absolute Gasteiger partial charge is 0.444 e. The van der Waals surface area contributed by atoms with Gasteiger partial charge in [0.05, 0.1) is 0 Å². The maximum atomic E-state index is 12.4. The molecule has 3 nitrogen and oxygen atoms in total. The summed E-state index contributed by atoms with van der Waals surface area (Å²) in [5, 5.41) is 0. The lowest BCUT2D eigenvalue weighted by molar-refractivity contribution is 0.0716. The van der Waals surface area contributed by atoms with Crippen LogP contribution in [0, 0.1) is 0 Å². The zero-order chi connectivity index (χ0) is 14.1. The van der Waals surface area contributed by atoms with Crippen LogP contribution in [-0.4, -0.2) is 23.9 Å². The molecule has 0 aliphatic rings. The van der Waals surface area contributed by atoms with Crippen LogP contribution in [0.2, 0.25) is 0 Å². The smallest absolute Gasteiger partial charge is 0.289 e. The highest BCUT2D eigenvalue weighted by atomic mass is 79.9. The van der Waals surface area contributed by atoms with Crippen molar-refractivity contribution in [2.24, 2.45) is 0 Å². The Kier molecular flexibility index (Phi) is 7.87. The molecule has 1 aromatic heterocycles. The molecule has 0 bridgehead atoms. The fourth-order valence-electron chi connectivity index (χ4n) is 2.01. The number of hydrogen-bond acceptors (Lipinski definition) is 2. The molecule has 1 amide bonds. The summed E-state index contributed by atoms with van der Waals surface area (Å²) in [6, 6.07) is 3.50. The number of nitrogens with zero attached hydrogens (tertiary/aromatic N) is 1. The zero-order valence-electron chi connectivity index (χ0n) is 12.0. The number of carbonyl (C=O) groups excluding carboxylic acids is 1. The van der Waals surface area contributed by atoms with Crippen LogP contribution in [0.3, 0.4) is 0 Å². The van der Waals surface area contributed by atoms with Crippen LogP contribution >= 0.6 is 15.9 Å².